The van der Waals surface area contributed by atoms with E-state index in [1.54, 1.807) is 36.5 Å². The Balaban J connectivity index is 2.22. The minimum Gasteiger partial charge on any atom is -0.383 e. The van der Waals surface area contributed by atoms with Crippen LogP contribution in [0.5, 0.6) is 0 Å². The standard InChI is InChI=1S/C16H10BrF2NO/c17-11-6-7-12(18)14(15(11)19)16(21)10-3-1-5-13-9(10)4-2-8-20-13/h1-8,16,21H. The quantitative estimate of drug-likeness (QED) is 0.697. The van der Waals surface area contributed by atoms with Gasteiger partial charge in [0.15, 0.2) is 0 Å². The summed E-state index contributed by atoms with van der Waals surface area (Å²) >= 11 is 3.01. The maximum absolute atomic E-state index is 14.1. The smallest absolute Gasteiger partial charge is 0.146 e. The zero-order valence-corrected chi connectivity index (χ0v) is 12.3. The van der Waals surface area contributed by atoms with E-state index in [1.807, 2.05) is 0 Å². The summed E-state index contributed by atoms with van der Waals surface area (Å²) in [6.45, 7) is 0. The highest BCUT2D eigenvalue weighted by Crippen LogP contribution is 2.33. The van der Waals surface area contributed by atoms with Gasteiger partial charge in [-0.15, -0.1) is 0 Å². The molecule has 1 N–H and O–H groups in total. The molecule has 0 radical (unpaired) electrons. The average Bonchev–Trinajstić information content (AvgIpc) is 2.50. The molecule has 0 saturated heterocycles. The highest BCUT2D eigenvalue weighted by Gasteiger charge is 2.23. The molecule has 5 heteroatoms. The van der Waals surface area contributed by atoms with Crippen molar-refractivity contribution in [2.24, 2.45) is 0 Å². The van der Waals surface area contributed by atoms with Crippen molar-refractivity contribution >= 4 is 26.8 Å². The Hall–Kier alpha value is -1.85. The van der Waals surface area contributed by atoms with Crippen LogP contribution in [0.2, 0.25) is 0 Å². The second-order valence-electron chi connectivity index (χ2n) is 4.58. The Morgan fingerprint density at radius 2 is 1.86 bits per heavy atom. The normalized spacial score (nSPS) is 12.6. The molecule has 2 aromatic carbocycles. The van der Waals surface area contributed by atoms with Crippen LogP contribution in [0.15, 0.2) is 53.1 Å². The number of benzene rings is 2. The molecule has 3 aromatic rings. The summed E-state index contributed by atoms with van der Waals surface area (Å²) in [7, 11) is 0. The first-order chi connectivity index (χ1) is 10.1. The Bertz CT molecular complexity index is 817. The van der Waals surface area contributed by atoms with Crippen LogP contribution in [0, 0.1) is 11.6 Å². The summed E-state index contributed by atoms with van der Waals surface area (Å²) in [4.78, 5) is 4.17. The molecule has 21 heavy (non-hydrogen) atoms. The molecule has 1 aromatic heterocycles. The number of rotatable bonds is 2. The summed E-state index contributed by atoms with van der Waals surface area (Å²) < 4.78 is 28.2. The molecule has 1 atom stereocenters. The van der Waals surface area contributed by atoms with Gasteiger partial charge in [-0.3, -0.25) is 4.98 Å². The van der Waals surface area contributed by atoms with Crippen LogP contribution in [0.3, 0.4) is 0 Å². The van der Waals surface area contributed by atoms with Crippen molar-refractivity contribution in [2.45, 2.75) is 6.10 Å². The fraction of sp³-hybridized carbons (Fsp3) is 0.0625. The number of nitrogens with zero attached hydrogens (tertiary/aromatic N) is 1. The largest absolute Gasteiger partial charge is 0.383 e. The van der Waals surface area contributed by atoms with E-state index in [0.717, 1.165) is 6.07 Å². The minimum atomic E-state index is -1.41. The fourth-order valence-corrected chi connectivity index (χ4v) is 2.66. The Morgan fingerprint density at radius 3 is 2.67 bits per heavy atom. The predicted octanol–water partition coefficient (Wildman–Crippen LogP) is 4.36. The highest BCUT2D eigenvalue weighted by atomic mass is 79.9. The first kappa shape index (κ1) is 14.1. The molecule has 0 saturated carbocycles. The first-order valence-corrected chi connectivity index (χ1v) is 7.04. The molecule has 0 aliphatic carbocycles. The van der Waals surface area contributed by atoms with Gasteiger partial charge in [0.1, 0.15) is 17.7 Å². The van der Waals surface area contributed by atoms with Gasteiger partial charge in [-0.2, -0.15) is 0 Å². The van der Waals surface area contributed by atoms with Crippen LogP contribution in [0.25, 0.3) is 10.9 Å². The van der Waals surface area contributed by atoms with Gasteiger partial charge in [0.2, 0.25) is 0 Å². The predicted molar refractivity (Wildman–Crippen MR) is 79.9 cm³/mol. The highest BCUT2D eigenvalue weighted by molar-refractivity contribution is 9.10. The van der Waals surface area contributed by atoms with E-state index in [0.29, 0.717) is 16.5 Å². The van der Waals surface area contributed by atoms with Gasteiger partial charge in [-0.05, 0) is 45.8 Å². The van der Waals surface area contributed by atoms with Crippen LogP contribution in [0.1, 0.15) is 17.2 Å². The van der Waals surface area contributed by atoms with Gasteiger partial charge in [-0.25, -0.2) is 8.78 Å². The fourth-order valence-electron chi connectivity index (χ4n) is 2.31. The van der Waals surface area contributed by atoms with Gasteiger partial charge in [0.25, 0.3) is 0 Å². The van der Waals surface area contributed by atoms with Crippen molar-refractivity contribution < 1.29 is 13.9 Å². The molecule has 0 amide bonds. The molecule has 0 spiro atoms. The summed E-state index contributed by atoms with van der Waals surface area (Å²) in [6, 6.07) is 11.0. The zero-order valence-electron chi connectivity index (χ0n) is 10.7. The number of hydrogen-bond acceptors (Lipinski definition) is 2. The molecule has 1 heterocycles. The van der Waals surface area contributed by atoms with E-state index < -0.39 is 17.7 Å². The lowest BCUT2D eigenvalue weighted by molar-refractivity contribution is 0.210. The average molecular weight is 350 g/mol. The topological polar surface area (TPSA) is 33.1 Å². The Labute approximate surface area is 128 Å². The number of pyridine rings is 1. The van der Waals surface area contributed by atoms with E-state index in [-0.39, 0.29) is 10.0 Å². The molecule has 106 valence electrons. The van der Waals surface area contributed by atoms with Gasteiger partial charge >= 0.3 is 0 Å². The minimum absolute atomic E-state index is 0.108. The molecular formula is C16H10BrF2NO. The maximum Gasteiger partial charge on any atom is 0.146 e. The molecule has 0 aliphatic heterocycles. The van der Waals surface area contributed by atoms with Crippen molar-refractivity contribution in [1.29, 1.82) is 0 Å². The van der Waals surface area contributed by atoms with E-state index in [1.165, 1.54) is 6.07 Å². The molecule has 0 fully saturated rings. The molecule has 2 nitrogen and oxygen atoms in total. The van der Waals surface area contributed by atoms with Gasteiger partial charge in [0, 0.05) is 11.6 Å². The van der Waals surface area contributed by atoms with E-state index in [9.17, 15) is 13.9 Å². The van der Waals surface area contributed by atoms with Crippen LogP contribution < -0.4 is 0 Å². The lowest BCUT2D eigenvalue weighted by atomic mass is 9.97. The summed E-state index contributed by atoms with van der Waals surface area (Å²) in [6.07, 6.45) is 0.217. The number of aliphatic hydroxyl groups is 1. The Morgan fingerprint density at radius 1 is 1.05 bits per heavy atom. The van der Waals surface area contributed by atoms with Crippen LogP contribution >= 0.6 is 15.9 Å². The number of fused-ring (bicyclic) bond motifs is 1. The summed E-state index contributed by atoms with van der Waals surface area (Å²) in [5, 5.41) is 11.1. The number of aromatic nitrogens is 1. The third kappa shape index (κ3) is 2.43. The molecular weight excluding hydrogens is 340 g/mol. The maximum atomic E-state index is 14.1. The summed E-state index contributed by atoms with van der Waals surface area (Å²) in [5.41, 5.74) is 0.696. The van der Waals surface area contributed by atoms with Gasteiger partial charge in [0.05, 0.1) is 15.6 Å². The second-order valence-corrected chi connectivity index (χ2v) is 5.43. The van der Waals surface area contributed by atoms with Crippen molar-refractivity contribution in [3.8, 4) is 0 Å². The molecule has 3 rings (SSSR count). The molecule has 0 bridgehead atoms. The van der Waals surface area contributed by atoms with Crippen LogP contribution in [0.4, 0.5) is 8.78 Å². The molecule has 0 aliphatic rings. The third-order valence-electron chi connectivity index (χ3n) is 3.33. The van der Waals surface area contributed by atoms with Gasteiger partial charge in [-0.1, -0.05) is 18.2 Å². The van der Waals surface area contributed by atoms with Gasteiger partial charge < -0.3 is 5.11 Å². The third-order valence-corrected chi connectivity index (χ3v) is 3.94. The van der Waals surface area contributed by atoms with E-state index >= 15 is 0 Å². The van der Waals surface area contributed by atoms with Crippen molar-refractivity contribution in [3.63, 3.8) is 0 Å². The Kier molecular flexibility index (Phi) is 3.69. The number of hydrogen-bond donors (Lipinski definition) is 1. The lowest BCUT2D eigenvalue weighted by Gasteiger charge is -2.16. The number of aliphatic hydroxyl groups excluding tert-OH is 1. The van der Waals surface area contributed by atoms with Crippen molar-refractivity contribution in [3.05, 3.63) is 75.9 Å². The first-order valence-electron chi connectivity index (χ1n) is 6.24. The SMILES string of the molecule is OC(c1c(F)ccc(Br)c1F)c1cccc2ncccc12. The van der Waals surface area contributed by atoms with Crippen LogP contribution in [-0.4, -0.2) is 10.1 Å². The van der Waals surface area contributed by atoms with E-state index in [4.69, 9.17) is 0 Å². The molecule has 1 unspecified atom stereocenters. The van der Waals surface area contributed by atoms with Crippen LogP contribution in [-0.2, 0) is 0 Å². The zero-order chi connectivity index (χ0) is 15.0. The summed E-state index contributed by atoms with van der Waals surface area (Å²) in [5.74, 6) is -1.59. The second kappa shape index (κ2) is 5.50. The van der Waals surface area contributed by atoms with E-state index in [2.05, 4.69) is 20.9 Å². The monoisotopic (exact) mass is 349 g/mol. The van der Waals surface area contributed by atoms with Crippen molar-refractivity contribution in [2.75, 3.05) is 0 Å². The lowest BCUT2D eigenvalue weighted by Crippen LogP contribution is -2.07. The van der Waals surface area contributed by atoms with Crippen molar-refractivity contribution in [1.82, 2.24) is 4.98 Å². The number of halogens is 3.